The van der Waals surface area contributed by atoms with Crippen LogP contribution in [0, 0.1) is 0 Å². The van der Waals surface area contributed by atoms with Gasteiger partial charge in [-0.2, -0.15) is 0 Å². The summed E-state index contributed by atoms with van der Waals surface area (Å²) in [4.78, 5) is 13.1. The summed E-state index contributed by atoms with van der Waals surface area (Å²) in [5.41, 5.74) is 1.13. The van der Waals surface area contributed by atoms with E-state index in [0.717, 1.165) is 30.4 Å². The quantitative estimate of drug-likeness (QED) is 0.725. The maximum absolute atomic E-state index is 13.0. The van der Waals surface area contributed by atoms with Crippen LogP contribution in [0.4, 0.5) is 5.69 Å². The van der Waals surface area contributed by atoms with E-state index < -0.39 is 9.71 Å². The molecule has 2 aromatic rings. The molecular formula is C19H21BrN2O3S. The number of nitrogens with one attached hydrogen (secondary N) is 1. The van der Waals surface area contributed by atoms with Crippen LogP contribution in [0.5, 0.6) is 5.75 Å². The minimum Gasteiger partial charge on any atom is -0.496 e. The number of carbonyl (C=O) groups excluding carboxylic acids is 1. The number of methoxy groups -OCH3 is 1. The first kappa shape index (κ1) is 18.9. The van der Waals surface area contributed by atoms with E-state index in [1.165, 1.54) is 0 Å². The molecule has 1 amide bonds. The fraction of sp³-hybridized carbons (Fsp3) is 0.263. The molecule has 0 saturated carbocycles. The highest BCUT2D eigenvalue weighted by Gasteiger charge is 2.22. The summed E-state index contributed by atoms with van der Waals surface area (Å²) in [6.45, 7) is 1.62. The molecule has 0 spiro atoms. The fourth-order valence-electron chi connectivity index (χ4n) is 2.89. The van der Waals surface area contributed by atoms with Crippen LogP contribution in [0.3, 0.4) is 0 Å². The Balaban J connectivity index is 1.74. The van der Waals surface area contributed by atoms with Gasteiger partial charge in [-0.25, -0.2) is 8.51 Å². The first-order valence-corrected chi connectivity index (χ1v) is 10.8. The Morgan fingerprint density at radius 2 is 1.85 bits per heavy atom. The molecule has 1 aliphatic heterocycles. The van der Waals surface area contributed by atoms with E-state index in [1.807, 2.05) is 4.31 Å². The first-order chi connectivity index (χ1) is 12.4. The van der Waals surface area contributed by atoms with E-state index in [-0.39, 0.29) is 5.91 Å². The van der Waals surface area contributed by atoms with Gasteiger partial charge in [0.25, 0.3) is 5.91 Å². The van der Waals surface area contributed by atoms with Gasteiger partial charge in [0.2, 0.25) is 0 Å². The van der Waals surface area contributed by atoms with Crippen molar-refractivity contribution in [1.29, 1.82) is 0 Å². The van der Waals surface area contributed by atoms with Crippen molar-refractivity contribution in [2.24, 2.45) is 0 Å². The third kappa shape index (κ3) is 3.95. The van der Waals surface area contributed by atoms with Crippen LogP contribution in [0.2, 0.25) is 0 Å². The van der Waals surface area contributed by atoms with E-state index >= 15 is 0 Å². The molecule has 138 valence electrons. The van der Waals surface area contributed by atoms with E-state index in [0.29, 0.717) is 21.9 Å². The normalized spacial score (nSPS) is 16.8. The number of hydrogen-bond donors (Lipinski definition) is 1. The molecule has 1 unspecified atom stereocenters. The molecule has 1 heterocycles. The number of nitrogens with zero attached hydrogens (tertiary/aromatic N) is 1. The molecule has 0 radical (unpaired) electrons. The minimum absolute atomic E-state index is 0.238. The number of hydrogen-bond acceptors (Lipinski definition) is 3. The zero-order chi connectivity index (χ0) is 18.7. The number of amides is 1. The van der Waals surface area contributed by atoms with Crippen LogP contribution in [0.15, 0.2) is 51.8 Å². The fourth-order valence-corrected chi connectivity index (χ4v) is 5.00. The van der Waals surface area contributed by atoms with Crippen molar-refractivity contribution in [3.8, 4) is 5.75 Å². The Labute approximate surface area is 162 Å². The van der Waals surface area contributed by atoms with Crippen molar-refractivity contribution in [3.63, 3.8) is 0 Å². The predicted octanol–water partition coefficient (Wildman–Crippen LogP) is 3.80. The summed E-state index contributed by atoms with van der Waals surface area (Å²) >= 11 is 3.37. The topological polar surface area (TPSA) is 58.6 Å². The third-order valence-electron chi connectivity index (χ3n) is 4.38. The number of rotatable bonds is 5. The summed E-state index contributed by atoms with van der Waals surface area (Å²) in [5.74, 6) is 4.29. The van der Waals surface area contributed by atoms with Gasteiger partial charge in [-0.1, -0.05) is 0 Å². The Hall–Kier alpha value is -1.83. The van der Waals surface area contributed by atoms with Gasteiger partial charge in [0, 0.05) is 29.2 Å². The van der Waals surface area contributed by atoms with Gasteiger partial charge in [0.15, 0.2) is 0 Å². The summed E-state index contributed by atoms with van der Waals surface area (Å²) in [7, 11) is -0.898. The molecule has 1 N–H and O–H groups in total. The third-order valence-corrected chi connectivity index (χ3v) is 7.24. The van der Waals surface area contributed by atoms with Crippen LogP contribution in [-0.2, 0) is 9.71 Å². The van der Waals surface area contributed by atoms with Crippen molar-refractivity contribution in [1.82, 2.24) is 4.31 Å². The van der Waals surface area contributed by atoms with Gasteiger partial charge in [-0.05, 0) is 77.1 Å². The first-order valence-electron chi connectivity index (χ1n) is 8.29. The maximum atomic E-state index is 13.0. The molecule has 26 heavy (non-hydrogen) atoms. The highest BCUT2D eigenvalue weighted by molar-refractivity contribution is 9.10. The number of anilines is 1. The molecule has 1 saturated heterocycles. The van der Waals surface area contributed by atoms with Crippen LogP contribution in [0.25, 0.3) is 0 Å². The second kappa shape index (κ2) is 7.82. The molecule has 1 atom stereocenters. The summed E-state index contributed by atoms with van der Waals surface area (Å²) < 4.78 is 20.9. The van der Waals surface area contributed by atoms with Crippen LogP contribution >= 0.6 is 15.9 Å². The summed E-state index contributed by atoms with van der Waals surface area (Å²) in [5, 5.41) is 2.84. The van der Waals surface area contributed by atoms with Crippen molar-refractivity contribution < 1.29 is 13.7 Å². The SMILES string of the molecule is C=S(=O)(c1ccc(NC(=O)c2ccc(Br)c(OC)c2)cc1)N1CCCC1. The van der Waals surface area contributed by atoms with E-state index in [1.54, 1.807) is 49.6 Å². The monoisotopic (exact) mass is 436 g/mol. The van der Waals surface area contributed by atoms with E-state index in [4.69, 9.17) is 4.74 Å². The molecular weight excluding hydrogens is 416 g/mol. The second-order valence-electron chi connectivity index (χ2n) is 6.10. The lowest BCUT2D eigenvalue weighted by Gasteiger charge is -2.21. The Kier molecular flexibility index (Phi) is 5.70. The maximum Gasteiger partial charge on any atom is 0.255 e. The van der Waals surface area contributed by atoms with Crippen LogP contribution < -0.4 is 10.1 Å². The van der Waals surface area contributed by atoms with E-state index in [2.05, 4.69) is 27.1 Å². The number of benzene rings is 2. The molecule has 2 aromatic carbocycles. The van der Waals surface area contributed by atoms with Crippen molar-refractivity contribution in [2.75, 3.05) is 25.5 Å². The largest absolute Gasteiger partial charge is 0.496 e. The number of carbonyl (C=O) groups is 1. The molecule has 0 aliphatic carbocycles. The highest BCUT2D eigenvalue weighted by Crippen LogP contribution is 2.26. The summed E-state index contributed by atoms with van der Waals surface area (Å²) in [6, 6.07) is 12.2. The van der Waals surface area contributed by atoms with Crippen molar-refractivity contribution >= 4 is 43.1 Å². The van der Waals surface area contributed by atoms with Crippen molar-refractivity contribution in [2.45, 2.75) is 17.7 Å². The van der Waals surface area contributed by atoms with Crippen LogP contribution in [0.1, 0.15) is 23.2 Å². The standard InChI is InChI=1S/C19H21BrN2O3S/c1-25-18-13-14(5-10-17(18)20)19(23)21-15-6-8-16(9-7-15)26(2,24)22-11-3-4-12-22/h5-10,13H,2-4,11-12H2,1H3,(H,21,23). The molecule has 1 fully saturated rings. The highest BCUT2D eigenvalue weighted by atomic mass is 79.9. The summed E-state index contributed by atoms with van der Waals surface area (Å²) in [6.07, 6.45) is 2.11. The van der Waals surface area contributed by atoms with Crippen molar-refractivity contribution in [3.05, 3.63) is 52.5 Å². The molecule has 1 aliphatic rings. The van der Waals surface area contributed by atoms with Gasteiger partial charge >= 0.3 is 0 Å². The molecule has 3 rings (SSSR count). The van der Waals surface area contributed by atoms with E-state index in [9.17, 15) is 9.00 Å². The minimum atomic E-state index is -2.45. The molecule has 5 nitrogen and oxygen atoms in total. The Bertz CT molecular complexity index is 905. The predicted molar refractivity (Wildman–Crippen MR) is 109 cm³/mol. The Morgan fingerprint density at radius 3 is 2.46 bits per heavy atom. The van der Waals surface area contributed by atoms with Gasteiger partial charge in [-0.3, -0.25) is 4.79 Å². The average molecular weight is 437 g/mol. The molecule has 0 aromatic heterocycles. The zero-order valence-electron chi connectivity index (χ0n) is 14.5. The lowest BCUT2D eigenvalue weighted by atomic mass is 10.2. The number of ether oxygens (including phenoxy) is 1. The lowest BCUT2D eigenvalue weighted by molar-refractivity contribution is 0.102. The van der Waals surface area contributed by atoms with Gasteiger partial charge in [0.1, 0.15) is 5.75 Å². The zero-order valence-corrected chi connectivity index (χ0v) is 16.9. The van der Waals surface area contributed by atoms with Gasteiger partial charge in [-0.15, -0.1) is 0 Å². The van der Waals surface area contributed by atoms with Crippen LogP contribution in [-0.4, -0.2) is 40.5 Å². The average Bonchev–Trinajstić information content (AvgIpc) is 3.18. The lowest BCUT2D eigenvalue weighted by Crippen LogP contribution is -2.27. The van der Waals surface area contributed by atoms with Gasteiger partial charge < -0.3 is 10.1 Å². The smallest absolute Gasteiger partial charge is 0.255 e. The Morgan fingerprint density at radius 1 is 1.19 bits per heavy atom. The van der Waals surface area contributed by atoms with Gasteiger partial charge in [0.05, 0.1) is 21.3 Å². The number of halogens is 1. The molecule has 7 heteroatoms. The second-order valence-corrected chi connectivity index (χ2v) is 9.23. The molecule has 0 bridgehead atoms.